The standard InChI is InChI=1S/C5H4ClN.Ni/c6-5-3-1-2-4-7-5;/h1-4H;. The van der Waals surface area contributed by atoms with Crippen LogP contribution in [-0.4, -0.2) is 4.98 Å². The van der Waals surface area contributed by atoms with E-state index in [0.29, 0.717) is 5.15 Å². The van der Waals surface area contributed by atoms with Gasteiger partial charge < -0.3 is 0 Å². The van der Waals surface area contributed by atoms with Crippen molar-refractivity contribution < 1.29 is 16.5 Å². The van der Waals surface area contributed by atoms with Crippen molar-refractivity contribution in [3.63, 3.8) is 0 Å². The summed E-state index contributed by atoms with van der Waals surface area (Å²) in [6, 6.07) is 5.41. The second-order valence-electron chi connectivity index (χ2n) is 1.15. The molecular weight excluding hydrogens is 168 g/mol. The minimum Gasteiger partial charge on any atom is -0.245 e. The molecule has 0 unspecified atom stereocenters. The first kappa shape index (κ1) is 7.93. The number of hydrogen-bond acceptors (Lipinski definition) is 1. The van der Waals surface area contributed by atoms with Crippen LogP contribution in [-0.2, 0) is 16.5 Å². The van der Waals surface area contributed by atoms with Gasteiger partial charge in [0.05, 0.1) is 0 Å². The predicted octanol–water partition coefficient (Wildman–Crippen LogP) is 1.73. The van der Waals surface area contributed by atoms with Crippen molar-refractivity contribution in [3.8, 4) is 0 Å². The van der Waals surface area contributed by atoms with Gasteiger partial charge >= 0.3 is 0 Å². The fraction of sp³-hybridized carbons (Fsp3) is 0. The van der Waals surface area contributed by atoms with Gasteiger partial charge in [-0.3, -0.25) is 0 Å². The maximum Gasteiger partial charge on any atom is 0.129 e. The minimum atomic E-state index is 0. The summed E-state index contributed by atoms with van der Waals surface area (Å²) in [5.74, 6) is 0. The molecule has 46 valence electrons. The topological polar surface area (TPSA) is 12.9 Å². The molecule has 0 amide bonds. The van der Waals surface area contributed by atoms with E-state index in [-0.39, 0.29) is 16.5 Å². The number of halogens is 1. The molecule has 0 aliphatic rings. The van der Waals surface area contributed by atoms with Gasteiger partial charge in [0.2, 0.25) is 0 Å². The van der Waals surface area contributed by atoms with Crippen LogP contribution in [0.5, 0.6) is 0 Å². The molecule has 1 nitrogen and oxygen atoms in total. The van der Waals surface area contributed by atoms with Crippen LogP contribution in [0.3, 0.4) is 0 Å². The molecule has 1 aromatic heterocycles. The Kier molecular flexibility index (Phi) is 3.85. The van der Waals surface area contributed by atoms with Crippen molar-refractivity contribution in [2.75, 3.05) is 0 Å². The van der Waals surface area contributed by atoms with Crippen molar-refractivity contribution in [3.05, 3.63) is 29.5 Å². The van der Waals surface area contributed by atoms with Gasteiger partial charge in [0.15, 0.2) is 0 Å². The summed E-state index contributed by atoms with van der Waals surface area (Å²) in [6.07, 6.45) is 1.66. The Morgan fingerprint density at radius 2 is 2.12 bits per heavy atom. The molecule has 0 atom stereocenters. The largest absolute Gasteiger partial charge is 0.245 e. The van der Waals surface area contributed by atoms with E-state index in [4.69, 9.17) is 11.6 Å². The summed E-state index contributed by atoms with van der Waals surface area (Å²) in [5.41, 5.74) is 0. The molecule has 0 fully saturated rings. The minimum absolute atomic E-state index is 0. The molecule has 0 spiro atoms. The Hall–Kier alpha value is -0.0665. The Morgan fingerprint density at radius 1 is 1.38 bits per heavy atom. The molecule has 1 heterocycles. The van der Waals surface area contributed by atoms with E-state index in [1.807, 2.05) is 12.1 Å². The average Bonchev–Trinajstić information content (AvgIpc) is 1.69. The van der Waals surface area contributed by atoms with Crippen LogP contribution in [0.25, 0.3) is 0 Å². The zero-order valence-electron chi connectivity index (χ0n) is 3.95. The van der Waals surface area contributed by atoms with Crippen LogP contribution in [0.15, 0.2) is 24.4 Å². The van der Waals surface area contributed by atoms with E-state index in [0.717, 1.165) is 0 Å². The van der Waals surface area contributed by atoms with Crippen molar-refractivity contribution in [2.24, 2.45) is 0 Å². The third kappa shape index (κ3) is 2.29. The fourth-order valence-electron chi connectivity index (χ4n) is 0.342. The average molecular weight is 172 g/mol. The van der Waals surface area contributed by atoms with Crippen molar-refractivity contribution in [1.29, 1.82) is 0 Å². The van der Waals surface area contributed by atoms with Crippen LogP contribution in [0, 0.1) is 0 Å². The third-order valence-corrected chi connectivity index (χ3v) is 0.852. The fourth-order valence-corrected chi connectivity index (χ4v) is 0.471. The van der Waals surface area contributed by atoms with Crippen molar-refractivity contribution in [1.82, 2.24) is 4.98 Å². The quantitative estimate of drug-likeness (QED) is 0.429. The van der Waals surface area contributed by atoms with Gasteiger partial charge in [-0.15, -0.1) is 0 Å². The van der Waals surface area contributed by atoms with Gasteiger partial charge in [-0.25, -0.2) is 4.98 Å². The van der Waals surface area contributed by atoms with Gasteiger partial charge in [-0.2, -0.15) is 0 Å². The molecule has 0 N–H and O–H groups in total. The van der Waals surface area contributed by atoms with Crippen LogP contribution >= 0.6 is 11.6 Å². The molecule has 3 heteroatoms. The van der Waals surface area contributed by atoms with Gasteiger partial charge in [-0.1, -0.05) is 17.7 Å². The Labute approximate surface area is 63.0 Å². The summed E-state index contributed by atoms with van der Waals surface area (Å²) < 4.78 is 0. The first-order valence-corrected chi connectivity index (χ1v) is 2.34. The molecule has 1 rings (SSSR count). The molecular formula is C5H4ClNNi. The molecule has 0 aliphatic carbocycles. The summed E-state index contributed by atoms with van der Waals surface area (Å²) in [5, 5.41) is 0.544. The molecule has 0 radical (unpaired) electrons. The molecule has 0 saturated carbocycles. The Bertz CT molecular complexity index is 142. The van der Waals surface area contributed by atoms with Crippen molar-refractivity contribution in [2.45, 2.75) is 0 Å². The van der Waals surface area contributed by atoms with Gasteiger partial charge in [0, 0.05) is 22.7 Å². The van der Waals surface area contributed by atoms with E-state index in [2.05, 4.69) is 4.98 Å². The van der Waals surface area contributed by atoms with E-state index < -0.39 is 0 Å². The van der Waals surface area contributed by atoms with E-state index in [1.54, 1.807) is 12.3 Å². The number of hydrogen-bond donors (Lipinski definition) is 0. The molecule has 0 saturated heterocycles. The summed E-state index contributed by atoms with van der Waals surface area (Å²) in [7, 11) is 0. The van der Waals surface area contributed by atoms with Crippen LogP contribution in [0.2, 0.25) is 5.15 Å². The number of rotatable bonds is 0. The second kappa shape index (κ2) is 3.88. The van der Waals surface area contributed by atoms with Gasteiger partial charge in [-0.05, 0) is 12.1 Å². The SMILES string of the molecule is Clc1ccccn1.[Ni]. The molecule has 1 aromatic rings. The van der Waals surface area contributed by atoms with E-state index >= 15 is 0 Å². The normalized spacial score (nSPS) is 7.62. The monoisotopic (exact) mass is 171 g/mol. The van der Waals surface area contributed by atoms with Crippen molar-refractivity contribution >= 4 is 11.6 Å². The molecule has 0 aromatic carbocycles. The van der Waals surface area contributed by atoms with Gasteiger partial charge in [0.1, 0.15) is 5.15 Å². The zero-order chi connectivity index (χ0) is 5.11. The maximum absolute atomic E-state index is 5.43. The number of aromatic nitrogens is 1. The number of nitrogens with zero attached hydrogens (tertiary/aromatic N) is 1. The number of pyridine rings is 1. The second-order valence-corrected chi connectivity index (χ2v) is 1.54. The molecule has 0 bridgehead atoms. The maximum atomic E-state index is 5.43. The molecule has 0 aliphatic heterocycles. The van der Waals surface area contributed by atoms with Crippen LogP contribution in [0.4, 0.5) is 0 Å². The summed E-state index contributed by atoms with van der Waals surface area (Å²) in [4.78, 5) is 3.74. The first-order chi connectivity index (χ1) is 3.39. The van der Waals surface area contributed by atoms with Crippen LogP contribution in [0.1, 0.15) is 0 Å². The third-order valence-electron chi connectivity index (χ3n) is 0.629. The smallest absolute Gasteiger partial charge is 0.129 e. The Morgan fingerprint density at radius 3 is 2.38 bits per heavy atom. The van der Waals surface area contributed by atoms with Gasteiger partial charge in [0.25, 0.3) is 0 Å². The molecule has 8 heavy (non-hydrogen) atoms. The summed E-state index contributed by atoms with van der Waals surface area (Å²) in [6.45, 7) is 0. The van der Waals surface area contributed by atoms with E-state index in [1.165, 1.54) is 0 Å². The van der Waals surface area contributed by atoms with E-state index in [9.17, 15) is 0 Å². The summed E-state index contributed by atoms with van der Waals surface area (Å²) >= 11 is 5.43. The first-order valence-electron chi connectivity index (χ1n) is 1.96. The Balaban J connectivity index is 0.000000490. The zero-order valence-corrected chi connectivity index (χ0v) is 5.69. The predicted molar refractivity (Wildman–Crippen MR) is 29.2 cm³/mol. The van der Waals surface area contributed by atoms with Crippen LogP contribution < -0.4 is 0 Å².